The molecule has 0 saturated carbocycles. The van der Waals surface area contributed by atoms with Crippen molar-refractivity contribution in [2.75, 3.05) is 5.32 Å². The zero-order chi connectivity index (χ0) is 14.1. The maximum absolute atomic E-state index is 12.0. The Bertz CT molecular complexity index is 482. The second kappa shape index (κ2) is 4.92. The normalized spacial score (nSPS) is 11.7. The molecule has 1 amide bonds. The number of hydrogen-bond donors (Lipinski definition) is 2. The summed E-state index contributed by atoms with van der Waals surface area (Å²) < 4.78 is 36.0. The lowest BCUT2D eigenvalue weighted by Gasteiger charge is -2.04. The fraction of sp³-hybridized carbons (Fsp3) is 0.444. The molecule has 0 saturated heterocycles. The quantitative estimate of drug-likeness (QED) is 0.892. The number of hydrogen-bond acceptors (Lipinski definition) is 4. The van der Waals surface area contributed by atoms with Crippen molar-refractivity contribution in [1.29, 1.82) is 0 Å². The van der Waals surface area contributed by atoms with E-state index in [9.17, 15) is 22.8 Å². The molecule has 0 spiro atoms. The Balaban J connectivity index is 3.03. The van der Waals surface area contributed by atoms with Crippen LogP contribution in [0.2, 0.25) is 0 Å². The van der Waals surface area contributed by atoms with E-state index in [1.54, 1.807) is 13.8 Å². The van der Waals surface area contributed by atoms with Gasteiger partial charge in [0.15, 0.2) is 10.8 Å². The number of carbonyl (C=O) groups excluding carboxylic acids is 1. The van der Waals surface area contributed by atoms with Gasteiger partial charge >= 0.3 is 18.1 Å². The van der Waals surface area contributed by atoms with Crippen molar-refractivity contribution in [3.63, 3.8) is 0 Å². The van der Waals surface area contributed by atoms with Crippen LogP contribution in [0, 0.1) is 0 Å². The summed E-state index contributed by atoms with van der Waals surface area (Å²) in [6.45, 7) is 3.35. The Morgan fingerprint density at radius 2 is 1.94 bits per heavy atom. The largest absolute Gasteiger partial charge is 0.476 e. The summed E-state index contributed by atoms with van der Waals surface area (Å²) in [6.07, 6.45) is -5.03. The SMILES string of the molecule is CC(C)c1sc(NC(=O)C(F)(F)F)nc1C(=O)O. The summed E-state index contributed by atoms with van der Waals surface area (Å²) in [4.78, 5) is 25.3. The van der Waals surface area contributed by atoms with Crippen molar-refractivity contribution < 1.29 is 27.9 Å². The second-order valence-electron chi connectivity index (χ2n) is 3.64. The van der Waals surface area contributed by atoms with Crippen LogP contribution in [-0.4, -0.2) is 28.1 Å². The third-order valence-electron chi connectivity index (χ3n) is 1.86. The van der Waals surface area contributed by atoms with Crippen LogP contribution in [0.15, 0.2) is 0 Å². The molecule has 0 atom stereocenters. The molecule has 0 aromatic carbocycles. The third kappa shape index (κ3) is 3.19. The molecule has 1 heterocycles. The van der Waals surface area contributed by atoms with Gasteiger partial charge in [0.25, 0.3) is 0 Å². The van der Waals surface area contributed by atoms with Crippen LogP contribution in [0.3, 0.4) is 0 Å². The molecule has 0 bridgehead atoms. The average Bonchev–Trinajstić information content (AvgIpc) is 2.60. The Morgan fingerprint density at radius 3 is 2.28 bits per heavy atom. The van der Waals surface area contributed by atoms with E-state index in [0.717, 1.165) is 0 Å². The first-order valence-electron chi connectivity index (χ1n) is 4.75. The van der Waals surface area contributed by atoms with Gasteiger partial charge in [-0.05, 0) is 5.92 Å². The van der Waals surface area contributed by atoms with Crippen LogP contribution in [0.4, 0.5) is 18.3 Å². The maximum Gasteiger partial charge on any atom is 0.471 e. The molecule has 9 heteroatoms. The standard InChI is InChI=1S/C9H9F3N2O3S/c1-3(2)5-4(6(15)16)13-8(18-5)14-7(17)9(10,11)12/h3H,1-2H3,(H,15,16)(H,13,14,17). The summed E-state index contributed by atoms with van der Waals surface area (Å²) in [5, 5.41) is 9.99. The number of nitrogens with one attached hydrogen (secondary N) is 1. The van der Waals surface area contributed by atoms with Gasteiger partial charge in [-0.25, -0.2) is 9.78 Å². The smallest absolute Gasteiger partial charge is 0.471 e. The topological polar surface area (TPSA) is 79.3 Å². The van der Waals surface area contributed by atoms with Crippen LogP contribution in [0.1, 0.15) is 35.1 Å². The lowest BCUT2D eigenvalue weighted by Crippen LogP contribution is -2.29. The van der Waals surface area contributed by atoms with Gasteiger partial charge in [-0.1, -0.05) is 13.8 Å². The number of alkyl halides is 3. The minimum Gasteiger partial charge on any atom is -0.476 e. The van der Waals surface area contributed by atoms with Crippen molar-refractivity contribution in [2.45, 2.75) is 25.9 Å². The lowest BCUT2D eigenvalue weighted by molar-refractivity contribution is -0.167. The number of carbonyl (C=O) groups is 2. The van der Waals surface area contributed by atoms with Gasteiger partial charge in [0.1, 0.15) is 0 Å². The van der Waals surface area contributed by atoms with Gasteiger partial charge in [0.2, 0.25) is 0 Å². The van der Waals surface area contributed by atoms with E-state index in [1.807, 2.05) is 0 Å². The van der Waals surface area contributed by atoms with Crippen molar-refractivity contribution >= 4 is 28.3 Å². The number of carboxylic acids is 1. The predicted octanol–water partition coefficient (Wildman–Crippen LogP) is 2.47. The number of aromatic nitrogens is 1. The van der Waals surface area contributed by atoms with Crippen LogP contribution in [0.25, 0.3) is 0 Å². The predicted molar refractivity (Wildman–Crippen MR) is 57.8 cm³/mol. The molecular weight excluding hydrogens is 273 g/mol. The summed E-state index contributed by atoms with van der Waals surface area (Å²) >= 11 is 0.716. The minimum absolute atomic E-state index is 0.217. The van der Waals surface area contributed by atoms with Crippen LogP contribution >= 0.6 is 11.3 Å². The molecular formula is C9H9F3N2O3S. The molecule has 0 unspecified atom stereocenters. The maximum atomic E-state index is 12.0. The van der Waals surface area contributed by atoms with Gasteiger partial charge in [0.05, 0.1) is 0 Å². The van der Waals surface area contributed by atoms with Gasteiger partial charge in [-0.2, -0.15) is 13.2 Å². The monoisotopic (exact) mass is 282 g/mol. The molecule has 5 nitrogen and oxygen atoms in total. The molecule has 1 aromatic rings. The molecule has 0 aliphatic carbocycles. The highest BCUT2D eigenvalue weighted by Gasteiger charge is 2.39. The molecule has 2 N–H and O–H groups in total. The molecule has 0 radical (unpaired) electrons. The first-order valence-corrected chi connectivity index (χ1v) is 5.56. The Hall–Kier alpha value is -1.64. The number of carboxylic acid groups (broad SMARTS) is 1. The van der Waals surface area contributed by atoms with E-state index < -0.39 is 18.1 Å². The van der Waals surface area contributed by atoms with Crippen molar-refractivity contribution in [1.82, 2.24) is 4.98 Å². The molecule has 0 aliphatic heterocycles. The summed E-state index contributed by atoms with van der Waals surface area (Å²) in [7, 11) is 0. The number of thiazole rings is 1. The van der Waals surface area contributed by atoms with Gasteiger partial charge in [-0.15, -0.1) is 11.3 Å². The zero-order valence-electron chi connectivity index (χ0n) is 9.33. The summed E-state index contributed by atoms with van der Waals surface area (Å²) in [6, 6.07) is 0. The van der Waals surface area contributed by atoms with Gasteiger partial charge in [0, 0.05) is 4.88 Å². The van der Waals surface area contributed by atoms with Crippen molar-refractivity contribution in [2.24, 2.45) is 0 Å². The van der Waals surface area contributed by atoms with E-state index in [0.29, 0.717) is 16.2 Å². The number of aromatic carboxylic acids is 1. The van der Waals surface area contributed by atoms with Gasteiger partial charge < -0.3 is 5.11 Å². The Labute approximate surface area is 104 Å². The summed E-state index contributed by atoms with van der Waals surface area (Å²) in [5.74, 6) is -3.74. The molecule has 1 aromatic heterocycles. The van der Waals surface area contributed by atoms with Crippen molar-refractivity contribution in [3.8, 4) is 0 Å². The molecule has 18 heavy (non-hydrogen) atoms. The van der Waals surface area contributed by atoms with E-state index >= 15 is 0 Å². The molecule has 100 valence electrons. The summed E-state index contributed by atoms with van der Waals surface area (Å²) in [5.41, 5.74) is -0.340. The second-order valence-corrected chi connectivity index (χ2v) is 4.67. The lowest BCUT2D eigenvalue weighted by atomic mass is 10.1. The van der Waals surface area contributed by atoms with Gasteiger partial charge in [-0.3, -0.25) is 10.1 Å². The van der Waals surface area contributed by atoms with E-state index in [1.165, 1.54) is 5.32 Å². The average molecular weight is 282 g/mol. The highest BCUT2D eigenvalue weighted by Crippen LogP contribution is 2.30. The first-order chi connectivity index (χ1) is 8.12. The Morgan fingerprint density at radius 1 is 1.39 bits per heavy atom. The third-order valence-corrected chi connectivity index (χ3v) is 3.13. The van der Waals surface area contributed by atoms with Crippen molar-refractivity contribution in [3.05, 3.63) is 10.6 Å². The van der Waals surface area contributed by atoms with Crippen LogP contribution < -0.4 is 5.32 Å². The molecule has 0 aliphatic rings. The Kier molecular flexibility index (Phi) is 3.95. The highest BCUT2D eigenvalue weighted by molar-refractivity contribution is 7.16. The number of halogens is 3. The zero-order valence-corrected chi connectivity index (χ0v) is 10.1. The fourth-order valence-electron chi connectivity index (χ4n) is 1.10. The minimum atomic E-state index is -5.03. The number of amides is 1. The van der Waals surface area contributed by atoms with Crippen LogP contribution in [0.5, 0.6) is 0 Å². The molecule has 1 rings (SSSR count). The van der Waals surface area contributed by atoms with Crippen LogP contribution in [-0.2, 0) is 4.79 Å². The van der Waals surface area contributed by atoms with E-state index in [-0.39, 0.29) is 16.7 Å². The van der Waals surface area contributed by atoms with E-state index in [2.05, 4.69) is 4.98 Å². The molecule has 0 fully saturated rings. The number of nitrogens with zero attached hydrogens (tertiary/aromatic N) is 1. The fourth-order valence-corrected chi connectivity index (χ4v) is 2.05. The number of rotatable bonds is 3. The first kappa shape index (κ1) is 14.4. The van der Waals surface area contributed by atoms with E-state index in [4.69, 9.17) is 5.11 Å². The highest BCUT2D eigenvalue weighted by atomic mass is 32.1. The number of anilines is 1.